The van der Waals surface area contributed by atoms with Crippen LogP contribution in [0.1, 0.15) is 11.3 Å². The van der Waals surface area contributed by atoms with Gasteiger partial charge in [-0.2, -0.15) is 23.5 Å². The van der Waals surface area contributed by atoms with E-state index in [2.05, 4.69) is 10.1 Å². The number of nitriles is 1. The van der Waals surface area contributed by atoms with Gasteiger partial charge in [-0.1, -0.05) is 0 Å². The minimum atomic E-state index is -4.65. The molecule has 5 rings (SSSR count). The van der Waals surface area contributed by atoms with Crippen molar-refractivity contribution in [1.82, 2.24) is 14.8 Å². The van der Waals surface area contributed by atoms with Crippen molar-refractivity contribution in [1.29, 1.82) is 5.26 Å². The summed E-state index contributed by atoms with van der Waals surface area (Å²) in [6, 6.07) is 9.12. The van der Waals surface area contributed by atoms with Crippen molar-refractivity contribution in [3.05, 3.63) is 59.7 Å². The Morgan fingerprint density at radius 2 is 1.92 bits per heavy atom. The van der Waals surface area contributed by atoms with Gasteiger partial charge in [0, 0.05) is 24.1 Å². The number of hydrogen-bond donors (Lipinski definition) is 1. The second-order valence-electron chi connectivity index (χ2n) is 8.17. The number of anilines is 2. The molecule has 0 spiro atoms. The van der Waals surface area contributed by atoms with E-state index < -0.39 is 23.7 Å². The molecule has 0 aliphatic carbocycles. The number of aromatic nitrogens is 3. The summed E-state index contributed by atoms with van der Waals surface area (Å²) in [7, 11) is 4.33. The first-order valence-electron chi connectivity index (χ1n) is 10.6. The molecule has 2 amide bonds. The molecule has 1 N–H and O–H groups in total. The summed E-state index contributed by atoms with van der Waals surface area (Å²) < 4.78 is 61.5. The predicted octanol–water partition coefficient (Wildman–Crippen LogP) is 4.09. The molecular weight excluding hydrogens is 480 g/mol. The molecule has 2 aromatic heterocycles. The van der Waals surface area contributed by atoms with E-state index in [0.29, 0.717) is 27.2 Å². The van der Waals surface area contributed by atoms with Crippen LogP contribution in [0.25, 0.3) is 22.2 Å². The number of hydrogen-bond acceptors (Lipinski definition) is 5. The maximum absolute atomic E-state index is 15.0. The third kappa shape index (κ3) is 3.44. The number of nitrogens with zero attached hydrogens (tertiary/aromatic N) is 5. The molecule has 3 heterocycles. The number of carbonyl (C=O) groups excluding carboxylic acids is 1. The van der Waals surface area contributed by atoms with Crippen molar-refractivity contribution < 1.29 is 32.0 Å². The third-order valence-corrected chi connectivity index (χ3v) is 6.08. The minimum absolute atomic E-state index is 0.0677. The lowest BCUT2D eigenvalue weighted by Crippen LogP contribution is -3.06. The summed E-state index contributed by atoms with van der Waals surface area (Å²) in [5, 5.41) is 13.0. The fourth-order valence-electron chi connectivity index (χ4n) is 4.32. The monoisotopic (exact) mass is 497 g/mol. The Balaban J connectivity index is 1.79. The second-order valence-corrected chi connectivity index (χ2v) is 8.17. The highest BCUT2D eigenvalue weighted by Gasteiger charge is 2.42. The van der Waals surface area contributed by atoms with E-state index >= 15 is 4.39 Å². The number of benzene rings is 2. The normalized spacial score (nSPS) is 15.3. The largest absolute Gasteiger partial charge is 0.496 e. The van der Waals surface area contributed by atoms with Gasteiger partial charge in [0.05, 0.1) is 48.9 Å². The van der Waals surface area contributed by atoms with Gasteiger partial charge >= 0.3 is 12.2 Å². The van der Waals surface area contributed by atoms with E-state index in [1.54, 1.807) is 13.1 Å². The van der Waals surface area contributed by atoms with E-state index in [9.17, 15) is 18.0 Å². The van der Waals surface area contributed by atoms with Crippen LogP contribution in [0.4, 0.5) is 39.4 Å². The van der Waals surface area contributed by atoms with Crippen LogP contribution in [0.15, 0.2) is 42.6 Å². The zero-order chi connectivity index (χ0) is 25.9. The summed E-state index contributed by atoms with van der Waals surface area (Å²) in [5.41, 5.74) is 0.520. The van der Waals surface area contributed by atoms with Crippen LogP contribution in [0.3, 0.4) is 0 Å². The minimum Gasteiger partial charge on any atom is -0.496 e. The zero-order valence-electron chi connectivity index (χ0n) is 19.1. The Morgan fingerprint density at radius 1 is 1.17 bits per heavy atom. The number of alkyl halides is 3. The number of urea groups is 1. The molecule has 1 atom stereocenters. The summed E-state index contributed by atoms with van der Waals surface area (Å²) in [6.45, 7) is 0. The van der Waals surface area contributed by atoms with Gasteiger partial charge in [-0.3, -0.25) is 4.68 Å². The fraction of sp³-hybridized carbons (Fsp3) is 0.167. The molecule has 0 radical (unpaired) electrons. The number of fused-ring (bicyclic) bond motifs is 3. The number of pyridine rings is 1. The van der Waals surface area contributed by atoms with Gasteiger partial charge in [0.1, 0.15) is 17.3 Å². The molecule has 0 bridgehead atoms. The molecule has 182 valence electrons. The van der Waals surface area contributed by atoms with Crippen molar-refractivity contribution in [3.8, 4) is 23.1 Å². The topological polar surface area (TPSA) is 88.5 Å². The van der Waals surface area contributed by atoms with Crippen LogP contribution in [0.2, 0.25) is 0 Å². The molecule has 4 aromatic rings. The number of aryl methyl sites for hydroxylation is 1. The van der Waals surface area contributed by atoms with Crippen LogP contribution in [0.5, 0.6) is 5.75 Å². The number of amides is 2. The van der Waals surface area contributed by atoms with Crippen molar-refractivity contribution in [3.63, 3.8) is 0 Å². The average molecular weight is 497 g/mol. The number of methoxy groups -OCH3 is 1. The number of rotatable bonds is 3. The fourth-order valence-corrected chi connectivity index (χ4v) is 4.32. The Morgan fingerprint density at radius 3 is 2.53 bits per heavy atom. The van der Waals surface area contributed by atoms with Gasteiger partial charge in [0.25, 0.3) is 0 Å². The lowest BCUT2D eigenvalue weighted by molar-refractivity contribution is -0.710. The number of quaternary nitrogens is 1. The predicted molar refractivity (Wildman–Crippen MR) is 121 cm³/mol. The van der Waals surface area contributed by atoms with Crippen LogP contribution in [0, 0.1) is 17.1 Å². The number of nitrogens with one attached hydrogen (secondary N) is 1. The Kier molecular flexibility index (Phi) is 5.19. The van der Waals surface area contributed by atoms with Crippen LogP contribution < -0.4 is 14.5 Å². The molecule has 2 aromatic carbocycles. The number of carbonyl (C=O) groups is 1. The van der Waals surface area contributed by atoms with Gasteiger partial charge in [-0.15, -0.1) is 0 Å². The first kappa shape index (κ1) is 23.3. The highest BCUT2D eigenvalue weighted by atomic mass is 19.4. The van der Waals surface area contributed by atoms with E-state index in [0.717, 1.165) is 16.8 Å². The molecule has 0 saturated heterocycles. The summed E-state index contributed by atoms with van der Waals surface area (Å²) in [6.07, 6.45) is -3.16. The summed E-state index contributed by atoms with van der Waals surface area (Å²) >= 11 is 0. The molecule has 8 nitrogen and oxygen atoms in total. The lowest BCUT2D eigenvalue weighted by Gasteiger charge is -2.17. The van der Waals surface area contributed by atoms with Crippen LogP contribution in [-0.4, -0.2) is 35.0 Å². The molecule has 12 heteroatoms. The average Bonchev–Trinajstić information content (AvgIpc) is 3.36. The highest BCUT2D eigenvalue weighted by molar-refractivity contribution is 6.12. The smallest absolute Gasteiger partial charge is 0.435 e. The molecule has 0 fully saturated rings. The summed E-state index contributed by atoms with van der Waals surface area (Å²) in [5.74, 6) is -0.531. The molecule has 1 aliphatic heterocycles. The van der Waals surface area contributed by atoms with E-state index in [4.69, 9.17) is 10.00 Å². The van der Waals surface area contributed by atoms with Gasteiger partial charge < -0.3 is 4.74 Å². The lowest BCUT2D eigenvalue weighted by atomic mass is 10.0. The van der Waals surface area contributed by atoms with E-state index in [1.165, 1.54) is 43.5 Å². The van der Waals surface area contributed by atoms with Gasteiger partial charge in [0.2, 0.25) is 0 Å². The number of ether oxygens (including phenoxy) is 1. The van der Waals surface area contributed by atoms with Crippen molar-refractivity contribution in [2.45, 2.75) is 6.18 Å². The van der Waals surface area contributed by atoms with Crippen molar-refractivity contribution in [2.75, 3.05) is 19.1 Å². The Hall–Kier alpha value is -4.50. The van der Waals surface area contributed by atoms with E-state index in [1.807, 2.05) is 6.07 Å². The van der Waals surface area contributed by atoms with Crippen LogP contribution >= 0.6 is 0 Å². The van der Waals surface area contributed by atoms with Gasteiger partial charge in [-0.05, 0) is 30.3 Å². The SMILES string of the molecule is COc1cc2ncc3c(c2cc1-c1cc(C(F)(F)F)nn1C)N(c1ccc(C#N)cc1F)C(=O)[NH+]3C. The molecule has 36 heavy (non-hydrogen) atoms. The van der Waals surface area contributed by atoms with Gasteiger partial charge in [0.15, 0.2) is 11.4 Å². The Bertz CT molecular complexity index is 1610. The Labute approximate surface area is 201 Å². The zero-order valence-corrected chi connectivity index (χ0v) is 19.1. The number of halogens is 4. The first-order chi connectivity index (χ1) is 17.0. The molecular formula is C24H17F4N6O2+. The highest BCUT2D eigenvalue weighted by Crippen LogP contribution is 2.44. The summed E-state index contributed by atoms with van der Waals surface area (Å²) in [4.78, 5) is 19.1. The maximum Gasteiger partial charge on any atom is 0.435 e. The van der Waals surface area contributed by atoms with Gasteiger partial charge in [-0.25, -0.2) is 24.0 Å². The molecule has 1 unspecified atom stereocenters. The maximum atomic E-state index is 15.0. The first-order valence-corrected chi connectivity index (χ1v) is 10.6. The second kappa shape index (κ2) is 8.03. The standard InChI is InChI=1S/C24H16F4N6O2/c1-32-19-11-30-16-8-20(36-3)14(18-9-21(24(26,27)28)31-33(18)2)7-13(16)22(19)34(23(32)35)17-5-4-12(10-29)6-15(17)25/h4-9,11H,1-3H3/p+1. The van der Waals surface area contributed by atoms with Crippen LogP contribution in [-0.2, 0) is 13.2 Å². The van der Waals surface area contributed by atoms with E-state index in [-0.39, 0.29) is 28.3 Å². The molecule has 1 aliphatic rings. The van der Waals surface area contributed by atoms with Crippen molar-refractivity contribution in [2.24, 2.45) is 7.05 Å². The molecule has 0 saturated carbocycles. The third-order valence-electron chi connectivity index (χ3n) is 6.08. The van der Waals surface area contributed by atoms with Crippen molar-refractivity contribution >= 4 is 34.0 Å². The quantitative estimate of drug-likeness (QED) is 0.431.